The second kappa shape index (κ2) is 6.60. The van der Waals surface area contributed by atoms with Crippen molar-refractivity contribution in [1.29, 1.82) is 0 Å². The molecule has 2 nitrogen and oxygen atoms in total. The molecule has 0 aliphatic rings. The standard InChI is InChI=1S/C30H18O2/c1-3-7-27-23(5-1)25-17-21(13-15-29(25)31-27)19-9-11-20(12-10-19)22-14-16-30-26(18-22)24-6-2-4-8-28(24)32-30/h1-18H. The molecule has 0 saturated carbocycles. The summed E-state index contributed by atoms with van der Waals surface area (Å²) < 4.78 is 11.9. The lowest BCUT2D eigenvalue weighted by Gasteiger charge is -2.06. The summed E-state index contributed by atoms with van der Waals surface area (Å²) in [6.07, 6.45) is 0. The van der Waals surface area contributed by atoms with E-state index in [9.17, 15) is 0 Å². The molecule has 0 aliphatic heterocycles. The van der Waals surface area contributed by atoms with Crippen LogP contribution in [0.2, 0.25) is 0 Å². The first-order valence-corrected chi connectivity index (χ1v) is 10.8. The van der Waals surface area contributed by atoms with E-state index in [0.29, 0.717) is 0 Å². The number of hydrogen-bond acceptors (Lipinski definition) is 2. The van der Waals surface area contributed by atoms with Crippen molar-refractivity contribution in [3.05, 3.63) is 109 Å². The van der Waals surface area contributed by atoms with Crippen LogP contribution in [-0.4, -0.2) is 0 Å². The molecule has 32 heavy (non-hydrogen) atoms. The van der Waals surface area contributed by atoms with Crippen molar-refractivity contribution in [3.63, 3.8) is 0 Å². The van der Waals surface area contributed by atoms with Crippen LogP contribution in [-0.2, 0) is 0 Å². The van der Waals surface area contributed by atoms with Crippen LogP contribution in [0.4, 0.5) is 0 Å². The molecule has 2 heteroatoms. The predicted molar refractivity (Wildman–Crippen MR) is 132 cm³/mol. The van der Waals surface area contributed by atoms with Crippen molar-refractivity contribution in [3.8, 4) is 22.3 Å². The van der Waals surface area contributed by atoms with Gasteiger partial charge in [0.1, 0.15) is 22.3 Å². The van der Waals surface area contributed by atoms with E-state index in [1.165, 1.54) is 22.3 Å². The summed E-state index contributed by atoms with van der Waals surface area (Å²) in [7, 11) is 0. The largest absolute Gasteiger partial charge is 0.456 e. The molecule has 5 aromatic carbocycles. The highest BCUT2D eigenvalue weighted by atomic mass is 16.3. The van der Waals surface area contributed by atoms with E-state index in [-0.39, 0.29) is 0 Å². The van der Waals surface area contributed by atoms with E-state index in [0.717, 1.165) is 43.9 Å². The molecular formula is C30H18O2. The highest BCUT2D eigenvalue weighted by molar-refractivity contribution is 6.07. The minimum absolute atomic E-state index is 0.923. The van der Waals surface area contributed by atoms with Crippen molar-refractivity contribution in [2.45, 2.75) is 0 Å². The molecule has 0 radical (unpaired) electrons. The van der Waals surface area contributed by atoms with Gasteiger partial charge in [-0.15, -0.1) is 0 Å². The van der Waals surface area contributed by atoms with Gasteiger partial charge in [-0.05, 0) is 58.7 Å². The molecule has 0 spiro atoms. The molecule has 7 aromatic rings. The average Bonchev–Trinajstić information content (AvgIpc) is 3.41. The monoisotopic (exact) mass is 410 g/mol. The van der Waals surface area contributed by atoms with Crippen molar-refractivity contribution < 1.29 is 8.83 Å². The topological polar surface area (TPSA) is 26.3 Å². The zero-order valence-corrected chi connectivity index (χ0v) is 17.2. The Morgan fingerprint density at radius 2 is 0.688 bits per heavy atom. The number of furan rings is 2. The molecule has 0 amide bonds. The third kappa shape index (κ3) is 2.60. The first kappa shape index (κ1) is 17.4. The zero-order valence-electron chi connectivity index (χ0n) is 17.2. The first-order chi connectivity index (χ1) is 15.8. The molecule has 0 N–H and O–H groups in total. The lowest BCUT2D eigenvalue weighted by Crippen LogP contribution is -1.81. The van der Waals surface area contributed by atoms with Gasteiger partial charge in [-0.25, -0.2) is 0 Å². The van der Waals surface area contributed by atoms with Crippen LogP contribution in [0.3, 0.4) is 0 Å². The summed E-state index contributed by atoms with van der Waals surface area (Å²) >= 11 is 0. The molecule has 2 aromatic heterocycles. The minimum Gasteiger partial charge on any atom is -0.456 e. The second-order valence-corrected chi connectivity index (χ2v) is 8.20. The van der Waals surface area contributed by atoms with Gasteiger partial charge in [-0.1, -0.05) is 72.8 Å². The van der Waals surface area contributed by atoms with Gasteiger partial charge in [0.15, 0.2) is 0 Å². The molecule has 0 aliphatic carbocycles. The summed E-state index contributed by atoms with van der Waals surface area (Å²) in [5.74, 6) is 0. The number of para-hydroxylation sites is 2. The molecule has 0 fully saturated rings. The Morgan fingerprint density at radius 3 is 1.16 bits per heavy atom. The number of benzene rings is 5. The fourth-order valence-corrected chi connectivity index (χ4v) is 4.67. The summed E-state index contributed by atoms with van der Waals surface area (Å²) in [4.78, 5) is 0. The third-order valence-electron chi connectivity index (χ3n) is 6.30. The molecule has 150 valence electrons. The van der Waals surface area contributed by atoms with Gasteiger partial charge in [0, 0.05) is 21.5 Å². The van der Waals surface area contributed by atoms with Gasteiger partial charge in [-0.2, -0.15) is 0 Å². The maximum atomic E-state index is 5.97. The Hall–Kier alpha value is -4.30. The molecule has 0 unspecified atom stereocenters. The van der Waals surface area contributed by atoms with Crippen LogP contribution in [0.1, 0.15) is 0 Å². The van der Waals surface area contributed by atoms with E-state index >= 15 is 0 Å². The number of rotatable bonds is 2. The predicted octanol–water partition coefficient (Wildman–Crippen LogP) is 8.82. The van der Waals surface area contributed by atoms with Crippen molar-refractivity contribution in [1.82, 2.24) is 0 Å². The molecule has 0 saturated heterocycles. The maximum Gasteiger partial charge on any atom is 0.135 e. The van der Waals surface area contributed by atoms with E-state index < -0.39 is 0 Å². The second-order valence-electron chi connectivity index (χ2n) is 8.20. The van der Waals surface area contributed by atoms with Gasteiger partial charge in [0.05, 0.1) is 0 Å². The van der Waals surface area contributed by atoms with Crippen LogP contribution < -0.4 is 0 Å². The highest BCUT2D eigenvalue weighted by Crippen LogP contribution is 2.35. The molecular weight excluding hydrogens is 392 g/mol. The van der Waals surface area contributed by atoms with E-state index in [4.69, 9.17) is 8.83 Å². The van der Waals surface area contributed by atoms with Crippen molar-refractivity contribution >= 4 is 43.9 Å². The van der Waals surface area contributed by atoms with Gasteiger partial charge in [0.25, 0.3) is 0 Å². The van der Waals surface area contributed by atoms with Crippen LogP contribution in [0.15, 0.2) is 118 Å². The SMILES string of the molecule is c1ccc2c(c1)oc1ccc(-c3ccc(-c4ccc5oc6ccccc6c5c4)cc3)cc12. The Balaban J connectivity index is 1.30. The van der Waals surface area contributed by atoms with Gasteiger partial charge >= 0.3 is 0 Å². The Bertz CT molecular complexity index is 1630. The quantitative estimate of drug-likeness (QED) is 0.284. The van der Waals surface area contributed by atoms with E-state index in [2.05, 4.69) is 84.9 Å². The normalized spacial score (nSPS) is 11.8. The van der Waals surface area contributed by atoms with Crippen LogP contribution in [0.5, 0.6) is 0 Å². The number of hydrogen-bond donors (Lipinski definition) is 0. The summed E-state index contributed by atoms with van der Waals surface area (Å²) in [6.45, 7) is 0. The first-order valence-electron chi connectivity index (χ1n) is 10.8. The minimum atomic E-state index is 0.923. The van der Waals surface area contributed by atoms with Gasteiger partial charge in [0.2, 0.25) is 0 Å². The van der Waals surface area contributed by atoms with Crippen molar-refractivity contribution in [2.24, 2.45) is 0 Å². The highest BCUT2D eigenvalue weighted by Gasteiger charge is 2.10. The Labute approximate surface area is 184 Å². The number of fused-ring (bicyclic) bond motifs is 6. The molecule has 0 bridgehead atoms. The summed E-state index contributed by atoms with van der Waals surface area (Å²) in [5, 5.41) is 4.61. The van der Waals surface area contributed by atoms with Crippen LogP contribution >= 0.6 is 0 Å². The lowest BCUT2D eigenvalue weighted by molar-refractivity contribution is 0.668. The summed E-state index contributed by atoms with van der Waals surface area (Å²) in [6, 6.07) is 38.0. The van der Waals surface area contributed by atoms with Crippen LogP contribution in [0.25, 0.3) is 66.1 Å². The van der Waals surface area contributed by atoms with E-state index in [1.54, 1.807) is 0 Å². The lowest BCUT2D eigenvalue weighted by atomic mass is 9.98. The fourth-order valence-electron chi connectivity index (χ4n) is 4.67. The van der Waals surface area contributed by atoms with E-state index in [1.807, 2.05) is 24.3 Å². The third-order valence-corrected chi connectivity index (χ3v) is 6.30. The fraction of sp³-hybridized carbons (Fsp3) is 0. The Morgan fingerprint density at radius 1 is 0.312 bits per heavy atom. The van der Waals surface area contributed by atoms with Crippen LogP contribution in [0, 0.1) is 0 Å². The maximum absolute atomic E-state index is 5.97. The molecule has 0 atom stereocenters. The van der Waals surface area contributed by atoms with Gasteiger partial charge < -0.3 is 8.83 Å². The summed E-state index contributed by atoms with van der Waals surface area (Å²) in [5.41, 5.74) is 8.46. The van der Waals surface area contributed by atoms with Crippen molar-refractivity contribution in [2.75, 3.05) is 0 Å². The van der Waals surface area contributed by atoms with Gasteiger partial charge in [-0.3, -0.25) is 0 Å². The molecule has 2 heterocycles. The zero-order chi connectivity index (χ0) is 21.1. The average molecular weight is 410 g/mol. The molecule has 7 rings (SSSR count). The Kier molecular flexibility index (Phi) is 3.58. The smallest absolute Gasteiger partial charge is 0.135 e.